The van der Waals surface area contributed by atoms with Crippen molar-refractivity contribution in [3.8, 4) is 0 Å². The van der Waals surface area contributed by atoms with Crippen molar-refractivity contribution in [3.63, 3.8) is 0 Å². The van der Waals surface area contributed by atoms with Crippen molar-refractivity contribution in [2.24, 2.45) is 0 Å². The molecular weight excluding hydrogens is 270 g/mol. The van der Waals surface area contributed by atoms with E-state index in [1.54, 1.807) is 29.2 Å². The summed E-state index contributed by atoms with van der Waals surface area (Å²) < 4.78 is 4.64. The lowest BCUT2D eigenvalue weighted by molar-refractivity contribution is -0.127. The topological polar surface area (TPSA) is 66.8 Å². The highest BCUT2D eigenvalue weighted by Crippen LogP contribution is 2.15. The second-order valence-electron chi connectivity index (χ2n) is 4.99. The van der Waals surface area contributed by atoms with Gasteiger partial charge in [-0.25, -0.2) is 4.79 Å². The number of carbonyl (C=O) groups is 2. The Kier molecular flexibility index (Phi) is 5.11. The SMILES string of the molecule is COC(=O)c1ccc(C=C(CO)CN2CCCC2=O)cc1. The van der Waals surface area contributed by atoms with Gasteiger partial charge in [0.15, 0.2) is 0 Å². The largest absolute Gasteiger partial charge is 0.465 e. The number of methoxy groups -OCH3 is 1. The lowest BCUT2D eigenvalue weighted by Gasteiger charge is -2.16. The molecule has 0 saturated carbocycles. The summed E-state index contributed by atoms with van der Waals surface area (Å²) in [5.74, 6) is -0.244. The van der Waals surface area contributed by atoms with Crippen molar-refractivity contribution in [2.45, 2.75) is 12.8 Å². The molecule has 1 N–H and O–H groups in total. The first-order valence-corrected chi connectivity index (χ1v) is 6.90. The highest BCUT2D eigenvalue weighted by Gasteiger charge is 2.20. The summed E-state index contributed by atoms with van der Waals surface area (Å²) in [7, 11) is 1.34. The van der Waals surface area contributed by atoms with Gasteiger partial charge in [0.05, 0.1) is 19.3 Å². The van der Waals surface area contributed by atoms with Gasteiger partial charge in [0, 0.05) is 19.5 Å². The molecule has 0 aliphatic carbocycles. The average Bonchev–Trinajstić information content (AvgIpc) is 2.91. The summed E-state index contributed by atoms with van der Waals surface area (Å²) in [6.45, 7) is 1.11. The first-order chi connectivity index (χ1) is 10.1. The van der Waals surface area contributed by atoms with Gasteiger partial charge in [0.1, 0.15) is 0 Å². The van der Waals surface area contributed by atoms with Crippen molar-refractivity contribution in [1.82, 2.24) is 4.90 Å². The minimum absolute atomic E-state index is 0.0947. The van der Waals surface area contributed by atoms with E-state index in [9.17, 15) is 14.7 Å². The van der Waals surface area contributed by atoms with E-state index >= 15 is 0 Å². The van der Waals surface area contributed by atoms with Gasteiger partial charge >= 0.3 is 5.97 Å². The van der Waals surface area contributed by atoms with Crippen molar-refractivity contribution in [3.05, 3.63) is 41.0 Å². The Morgan fingerprint density at radius 2 is 2.10 bits per heavy atom. The molecule has 5 nitrogen and oxygen atoms in total. The first-order valence-electron chi connectivity index (χ1n) is 6.90. The zero-order valence-corrected chi connectivity index (χ0v) is 12.0. The molecule has 112 valence electrons. The summed E-state index contributed by atoms with van der Waals surface area (Å²) in [5, 5.41) is 9.43. The van der Waals surface area contributed by atoms with E-state index in [-0.39, 0.29) is 18.5 Å². The van der Waals surface area contributed by atoms with Gasteiger partial charge in [0.2, 0.25) is 5.91 Å². The van der Waals surface area contributed by atoms with Crippen molar-refractivity contribution in [2.75, 3.05) is 26.8 Å². The van der Waals surface area contributed by atoms with Crippen LogP contribution in [-0.4, -0.2) is 48.7 Å². The number of benzene rings is 1. The van der Waals surface area contributed by atoms with Crippen LogP contribution in [0.15, 0.2) is 29.8 Å². The van der Waals surface area contributed by atoms with Gasteiger partial charge in [0.25, 0.3) is 0 Å². The van der Waals surface area contributed by atoms with Crippen LogP contribution in [0.1, 0.15) is 28.8 Å². The molecule has 1 aromatic carbocycles. The fourth-order valence-electron chi connectivity index (χ4n) is 2.33. The number of hydrogen-bond donors (Lipinski definition) is 1. The molecule has 1 aliphatic rings. The second kappa shape index (κ2) is 7.04. The first kappa shape index (κ1) is 15.3. The van der Waals surface area contributed by atoms with Crippen LogP contribution < -0.4 is 0 Å². The van der Waals surface area contributed by atoms with Crippen LogP contribution in [0.5, 0.6) is 0 Å². The Bertz CT molecular complexity index is 548. The molecule has 0 radical (unpaired) electrons. The van der Waals surface area contributed by atoms with Crippen LogP contribution in [0.2, 0.25) is 0 Å². The Labute approximate surface area is 123 Å². The number of amides is 1. The summed E-state index contributed by atoms with van der Waals surface area (Å²) >= 11 is 0. The molecule has 1 heterocycles. The molecule has 21 heavy (non-hydrogen) atoms. The van der Waals surface area contributed by atoms with Gasteiger partial charge in [-0.1, -0.05) is 18.2 Å². The molecule has 1 aliphatic heterocycles. The van der Waals surface area contributed by atoms with Gasteiger partial charge < -0.3 is 14.7 Å². The maximum Gasteiger partial charge on any atom is 0.337 e. The minimum Gasteiger partial charge on any atom is -0.465 e. The quantitative estimate of drug-likeness (QED) is 0.834. The van der Waals surface area contributed by atoms with Gasteiger partial charge in [-0.15, -0.1) is 0 Å². The molecule has 2 rings (SSSR count). The summed E-state index contributed by atoms with van der Waals surface area (Å²) in [6, 6.07) is 6.92. The van der Waals surface area contributed by atoms with Crippen LogP contribution in [0, 0.1) is 0 Å². The zero-order chi connectivity index (χ0) is 15.2. The lowest BCUT2D eigenvalue weighted by Crippen LogP contribution is -2.27. The molecule has 0 atom stereocenters. The maximum absolute atomic E-state index is 11.6. The Morgan fingerprint density at radius 1 is 1.38 bits per heavy atom. The molecule has 1 fully saturated rings. The number of likely N-dealkylation sites (tertiary alicyclic amines) is 1. The molecule has 0 aromatic heterocycles. The van der Waals surface area contributed by atoms with E-state index in [4.69, 9.17) is 0 Å². The molecule has 0 bridgehead atoms. The second-order valence-corrected chi connectivity index (χ2v) is 4.99. The number of hydrogen-bond acceptors (Lipinski definition) is 4. The molecule has 1 amide bonds. The zero-order valence-electron chi connectivity index (χ0n) is 12.0. The smallest absolute Gasteiger partial charge is 0.337 e. The Hall–Kier alpha value is -2.14. The minimum atomic E-state index is -0.379. The third-order valence-electron chi connectivity index (χ3n) is 3.47. The Balaban J connectivity index is 2.08. The summed E-state index contributed by atoms with van der Waals surface area (Å²) in [5.41, 5.74) is 2.13. The van der Waals surface area contributed by atoms with Crippen LogP contribution in [0.4, 0.5) is 0 Å². The standard InChI is InChI=1S/C16H19NO4/c1-21-16(20)14-6-4-12(5-7-14)9-13(11-18)10-17-8-2-3-15(17)19/h4-7,9,18H,2-3,8,10-11H2,1H3. The number of rotatable bonds is 5. The van der Waals surface area contributed by atoms with E-state index in [0.29, 0.717) is 18.5 Å². The van der Waals surface area contributed by atoms with Crippen LogP contribution in [0.3, 0.4) is 0 Å². The molecule has 5 heteroatoms. The summed E-state index contributed by atoms with van der Waals surface area (Å²) in [6.07, 6.45) is 3.31. The monoisotopic (exact) mass is 289 g/mol. The van der Waals surface area contributed by atoms with E-state index in [0.717, 1.165) is 24.1 Å². The van der Waals surface area contributed by atoms with E-state index in [1.165, 1.54) is 7.11 Å². The molecular formula is C16H19NO4. The maximum atomic E-state index is 11.6. The van der Waals surface area contributed by atoms with E-state index < -0.39 is 0 Å². The van der Waals surface area contributed by atoms with E-state index in [1.807, 2.05) is 6.08 Å². The predicted molar refractivity (Wildman–Crippen MR) is 78.7 cm³/mol. The average molecular weight is 289 g/mol. The van der Waals surface area contributed by atoms with Crippen LogP contribution in [0.25, 0.3) is 6.08 Å². The number of aliphatic hydroxyl groups is 1. The molecule has 0 unspecified atom stereocenters. The summed E-state index contributed by atoms with van der Waals surface area (Å²) in [4.78, 5) is 24.7. The van der Waals surface area contributed by atoms with Crippen LogP contribution in [-0.2, 0) is 9.53 Å². The van der Waals surface area contributed by atoms with Crippen LogP contribution >= 0.6 is 0 Å². The fraction of sp³-hybridized carbons (Fsp3) is 0.375. The molecule has 1 aromatic rings. The Morgan fingerprint density at radius 3 is 2.62 bits per heavy atom. The normalized spacial score (nSPS) is 15.4. The van der Waals surface area contributed by atoms with Crippen molar-refractivity contribution < 1.29 is 19.4 Å². The number of nitrogens with zero attached hydrogens (tertiary/aromatic N) is 1. The molecule has 0 spiro atoms. The number of esters is 1. The van der Waals surface area contributed by atoms with E-state index in [2.05, 4.69) is 4.74 Å². The van der Waals surface area contributed by atoms with Gasteiger partial charge in [-0.3, -0.25) is 4.79 Å². The number of carbonyl (C=O) groups excluding carboxylic acids is 2. The highest BCUT2D eigenvalue weighted by molar-refractivity contribution is 5.89. The lowest BCUT2D eigenvalue weighted by atomic mass is 10.1. The number of ether oxygens (including phenoxy) is 1. The highest BCUT2D eigenvalue weighted by atomic mass is 16.5. The van der Waals surface area contributed by atoms with Gasteiger partial charge in [-0.2, -0.15) is 0 Å². The third kappa shape index (κ3) is 3.92. The van der Waals surface area contributed by atoms with Crippen molar-refractivity contribution in [1.29, 1.82) is 0 Å². The fourth-order valence-corrected chi connectivity index (χ4v) is 2.33. The van der Waals surface area contributed by atoms with Crippen molar-refractivity contribution >= 4 is 18.0 Å². The third-order valence-corrected chi connectivity index (χ3v) is 3.47. The predicted octanol–water partition coefficient (Wildman–Crippen LogP) is 1.47. The van der Waals surface area contributed by atoms with Gasteiger partial charge in [-0.05, 0) is 29.7 Å². The molecule has 1 saturated heterocycles. The number of aliphatic hydroxyl groups excluding tert-OH is 1.